The molecule has 2 rings (SSSR count). The van der Waals surface area contributed by atoms with Gasteiger partial charge in [0.1, 0.15) is 0 Å². The molecule has 1 heterocycles. The van der Waals surface area contributed by atoms with Gasteiger partial charge in [0.2, 0.25) is 15.9 Å². The molecular weight excluding hydrogens is 404 g/mol. The second kappa shape index (κ2) is 8.18. The van der Waals surface area contributed by atoms with Gasteiger partial charge in [0, 0.05) is 29.6 Å². The van der Waals surface area contributed by atoms with Crippen molar-refractivity contribution < 1.29 is 13.2 Å². The summed E-state index contributed by atoms with van der Waals surface area (Å²) in [6, 6.07) is 6.84. The van der Waals surface area contributed by atoms with Gasteiger partial charge in [-0.05, 0) is 64.8 Å². The van der Waals surface area contributed by atoms with Crippen molar-refractivity contribution in [1.29, 1.82) is 0 Å². The van der Waals surface area contributed by atoms with E-state index in [0.29, 0.717) is 13.0 Å². The lowest BCUT2D eigenvalue weighted by molar-refractivity contribution is -0.140. The Morgan fingerprint density at radius 2 is 1.72 bits per heavy atom. The number of hydrogen-bond acceptors (Lipinski definition) is 3. The van der Waals surface area contributed by atoms with Crippen LogP contribution in [0.25, 0.3) is 0 Å². The minimum absolute atomic E-state index is 0.0562. The number of carbonyl (C=O) groups is 1. The van der Waals surface area contributed by atoms with E-state index in [1.54, 1.807) is 24.3 Å². The standard InChI is InChI=1S/C18H27BrN2O3S/c1-13(2)21(14(3)4)18(22)15-6-5-11-20(12-15)25(23,24)17-9-7-16(19)8-10-17/h7-10,13-15H,5-6,11-12H2,1-4H3. The molecule has 1 unspecified atom stereocenters. The number of benzene rings is 1. The zero-order valence-electron chi connectivity index (χ0n) is 15.3. The summed E-state index contributed by atoms with van der Waals surface area (Å²) in [5, 5.41) is 0. The molecule has 0 radical (unpaired) electrons. The van der Waals surface area contributed by atoms with E-state index in [4.69, 9.17) is 0 Å². The molecule has 0 N–H and O–H groups in total. The summed E-state index contributed by atoms with van der Waals surface area (Å²) < 4.78 is 28.1. The highest BCUT2D eigenvalue weighted by atomic mass is 79.9. The molecule has 25 heavy (non-hydrogen) atoms. The molecule has 1 aromatic rings. The molecule has 7 heteroatoms. The Hall–Kier alpha value is -0.920. The van der Waals surface area contributed by atoms with Gasteiger partial charge in [0.15, 0.2) is 0 Å². The number of piperidine rings is 1. The van der Waals surface area contributed by atoms with Crippen LogP contribution in [0, 0.1) is 5.92 Å². The normalized spacial score (nSPS) is 19.4. The van der Waals surface area contributed by atoms with E-state index >= 15 is 0 Å². The summed E-state index contributed by atoms with van der Waals surface area (Å²) in [6.07, 6.45) is 1.44. The van der Waals surface area contributed by atoms with Crippen molar-refractivity contribution in [2.75, 3.05) is 13.1 Å². The van der Waals surface area contributed by atoms with Gasteiger partial charge in [-0.3, -0.25) is 4.79 Å². The Morgan fingerprint density at radius 1 is 1.16 bits per heavy atom. The fourth-order valence-corrected chi connectivity index (χ4v) is 5.22. The number of rotatable bonds is 5. The van der Waals surface area contributed by atoms with Crippen molar-refractivity contribution in [2.45, 2.75) is 57.5 Å². The number of nitrogens with zero attached hydrogens (tertiary/aromatic N) is 2. The molecule has 0 spiro atoms. The number of sulfonamides is 1. The maximum atomic E-state index is 12.9. The van der Waals surface area contributed by atoms with E-state index in [1.165, 1.54) is 4.31 Å². The zero-order valence-corrected chi connectivity index (χ0v) is 17.7. The van der Waals surface area contributed by atoms with Crippen molar-refractivity contribution in [2.24, 2.45) is 5.92 Å². The van der Waals surface area contributed by atoms with Crippen LogP contribution < -0.4 is 0 Å². The first-order valence-electron chi connectivity index (χ1n) is 8.72. The topological polar surface area (TPSA) is 57.7 Å². The Morgan fingerprint density at radius 3 is 2.24 bits per heavy atom. The first kappa shape index (κ1) is 20.4. The fourth-order valence-electron chi connectivity index (χ4n) is 3.43. The minimum atomic E-state index is -3.57. The molecule has 1 aliphatic rings. The number of carbonyl (C=O) groups excluding carboxylic acids is 1. The lowest BCUT2D eigenvalue weighted by atomic mass is 9.97. The van der Waals surface area contributed by atoms with E-state index in [9.17, 15) is 13.2 Å². The van der Waals surface area contributed by atoms with Gasteiger partial charge in [0.05, 0.1) is 10.8 Å². The maximum Gasteiger partial charge on any atom is 0.243 e. The van der Waals surface area contributed by atoms with Crippen molar-refractivity contribution in [3.8, 4) is 0 Å². The second-order valence-corrected chi connectivity index (χ2v) is 9.94. The van der Waals surface area contributed by atoms with E-state index in [-0.39, 0.29) is 35.3 Å². The summed E-state index contributed by atoms with van der Waals surface area (Å²) in [7, 11) is -3.57. The van der Waals surface area contributed by atoms with Crippen LogP contribution in [0.5, 0.6) is 0 Å². The summed E-state index contributed by atoms with van der Waals surface area (Å²) >= 11 is 3.32. The second-order valence-electron chi connectivity index (χ2n) is 7.09. The smallest absolute Gasteiger partial charge is 0.243 e. The highest BCUT2D eigenvalue weighted by Crippen LogP contribution is 2.26. The molecular formula is C18H27BrN2O3S. The van der Waals surface area contributed by atoms with Crippen LogP contribution in [0.1, 0.15) is 40.5 Å². The number of hydrogen-bond donors (Lipinski definition) is 0. The van der Waals surface area contributed by atoms with E-state index in [1.807, 2.05) is 32.6 Å². The highest BCUT2D eigenvalue weighted by molar-refractivity contribution is 9.10. The average Bonchev–Trinajstić information content (AvgIpc) is 2.54. The molecule has 0 aromatic heterocycles. The monoisotopic (exact) mass is 430 g/mol. The van der Waals surface area contributed by atoms with Gasteiger partial charge < -0.3 is 4.90 Å². The first-order chi connectivity index (χ1) is 11.6. The molecule has 140 valence electrons. The lowest BCUT2D eigenvalue weighted by Crippen LogP contribution is -2.50. The fraction of sp³-hybridized carbons (Fsp3) is 0.611. The molecule has 1 aliphatic heterocycles. The molecule has 0 bridgehead atoms. The molecule has 1 saturated heterocycles. The van der Waals surface area contributed by atoms with Crippen LogP contribution in [-0.2, 0) is 14.8 Å². The van der Waals surface area contributed by atoms with Crippen LogP contribution in [0.15, 0.2) is 33.6 Å². The zero-order chi connectivity index (χ0) is 18.8. The van der Waals surface area contributed by atoms with Crippen LogP contribution in [0.4, 0.5) is 0 Å². The van der Waals surface area contributed by atoms with Crippen molar-refractivity contribution in [1.82, 2.24) is 9.21 Å². The lowest BCUT2D eigenvalue weighted by Gasteiger charge is -2.37. The van der Waals surface area contributed by atoms with Crippen molar-refractivity contribution >= 4 is 31.9 Å². The molecule has 0 aliphatic carbocycles. The average molecular weight is 431 g/mol. The predicted molar refractivity (Wildman–Crippen MR) is 103 cm³/mol. The summed E-state index contributed by atoms with van der Waals surface area (Å²) in [5.41, 5.74) is 0. The SMILES string of the molecule is CC(C)N(C(=O)C1CCCN(S(=O)(=O)c2ccc(Br)cc2)C1)C(C)C. The molecule has 1 amide bonds. The van der Waals surface area contributed by atoms with Gasteiger partial charge in [0.25, 0.3) is 0 Å². The van der Waals surface area contributed by atoms with Crippen molar-refractivity contribution in [3.63, 3.8) is 0 Å². The Balaban J connectivity index is 2.20. The van der Waals surface area contributed by atoms with E-state index < -0.39 is 10.0 Å². The quantitative estimate of drug-likeness (QED) is 0.717. The van der Waals surface area contributed by atoms with Crippen LogP contribution >= 0.6 is 15.9 Å². The summed E-state index contributed by atoms with van der Waals surface area (Å²) in [5.74, 6) is -0.218. The van der Waals surface area contributed by atoms with Gasteiger partial charge in [-0.15, -0.1) is 0 Å². The Bertz CT molecular complexity index is 694. The molecule has 5 nitrogen and oxygen atoms in total. The third kappa shape index (κ3) is 4.63. The van der Waals surface area contributed by atoms with E-state index in [2.05, 4.69) is 15.9 Å². The van der Waals surface area contributed by atoms with Gasteiger partial charge in [-0.2, -0.15) is 4.31 Å². The molecule has 1 aromatic carbocycles. The first-order valence-corrected chi connectivity index (χ1v) is 11.0. The molecule has 0 saturated carbocycles. The number of halogens is 1. The van der Waals surface area contributed by atoms with Gasteiger partial charge >= 0.3 is 0 Å². The summed E-state index contributed by atoms with van der Waals surface area (Å²) in [6.45, 7) is 8.71. The van der Waals surface area contributed by atoms with Crippen molar-refractivity contribution in [3.05, 3.63) is 28.7 Å². The van der Waals surface area contributed by atoms with Gasteiger partial charge in [-0.1, -0.05) is 15.9 Å². The van der Waals surface area contributed by atoms with Gasteiger partial charge in [-0.25, -0.2) is 8.42 Å². The maximum absolute atomic E-state index is 12.9. The Kier molecular flexibility index (Phi) is 6.68. The largest absolute Gasteiger partial charge is 0.338 e. The minimum Gasteiger partial charge on any atom is -0.338 e. The van der Waals surface area contributed by atoms with E-state index in [0.717, 1.165) is 10.9 Å². The van der Waals surface area contributed by atoms with Crippen LogP contribution in [0.3, 0.4) is 0 Å². The number of amides is 1. The molecule has 1 atom stereocenters. The summed E-state index contributed by atoms with van der Waals surface area (Å²) in [4.78, 5) is 15.1. The highest BCUT2D eigenvalue weighted by Gasteiger charge is 2.36. The third-order valence-electron chi connectivity index (χ3n) is 4.55. The third-order valence-corrected chi connectivity index (χ3v) is 6.96. The van der Waals surface area contributed by atoms with Crippen LogP contribution in [0.2, 0.25) is 0 Å². The Labute approximate surface area is 159 Å². The predicted octanol–water partition coefficient (Wildman–Crippen LogP) is 3.50. The van der Waals surface area contributed by atoms with Crippen LogP contribution in [-0.4, -0.2) is 48.7 Å². The molecule has 1 fully saturated rings.